The molecule has 1 atom stereocenters. The molecule has 2 aromatic rings. The number of benzene rings is 1. The lowest BCUT2D eigenvalue weighted by Gasteiger charge is -2.28. The van der Waals surface area contributed by atoms with Crippen molar-refractivity contribution in [1.29, 1.82) is 0 Å². The Morgan fingerprint density at radius 1 is 1.22 bits per heavy atom. The first-order valence-corrected chi connectivity index (χ1v) is 6.51. The molecule has 5 heteroatoms. The van der Waals surface area contributed by atoms with E-state index in [1.54, 1.807) is 6.07 Å². The number of nitrogens with zero attached hydrogens (tertiary/aromatic N) is 1. The van der Waals surface area contributed by atoms with Gasteiger partial charge in [0.2, 0.25) is 0 Å². The van der Waals surface area contributed by atoms with Crippen LogP contribution in [0.3, 0.4) is 0 Å². The lowest BCUT2D eigenvalue weighted by atomic mass is 10.0. The van der Waals surface area contributed by atoms with Crippen molar-refractivity contribution in [3.63, 3.8) is 0 Å². The van der Waals surface area contributed by atoms with Crippen molar-refractivity contribution >= 4 is 23.2 Å². The Labute approximate surface area is 115 Å². The van der Waals surface area contributed by atoms with E-state index in [4.69, 9.17) is 27.9 Å². The third-order valence-electron chi connectivity index (χ3n) is 2.97. The smallest absolute Gasteiger partial charge is 0.143 e. The van der Waals surface area contributed by atoms with Gasteiger partial charge >= 0.3 is 0 Å². The minimum absolute atomic E-state index is 0.150. The summed E-state index contributed by atoms with van der Waals surface area (Å²) in [5.74, 6) is 0.733. The molecule has 94 valence electrons. The molecule has 0 saturated carbocycles. The Balaban J connectivity index is 1.96. The maximum Gasteiger partial charge on any atom is 0.143 e. The van der Waals surface area contributed by atoms with Crippen molar-refractivity contribution < 1.29 is 4.74 Å². The Bertz CT molecular complexity index is 554. The van der Waals surface area contributed by atoms with Crippen LogP contribution in [-0.2, 0) is 0 Å². The van der Waals surface area contributed by atoms with E-state index in [0.717, 1.165) is 17.7 Å². The molecule has 0 fully saturated rings. The highest BCUT2D eigenvalue weighted by Gasteiger charge is 2.24. The molecule has 1 aliphatic heterocycles. The van der Waals surface area contributed by atoms with Gasteiger partial charge in [-0.3, -0.25) is 4.68 Å². The third-order valence-corrected chi connectivity index (χ3v) is 3.47. The molecule has 3 nitrogen and oxygen atoms in total. The fourth-order valence-electron chi connectivity index (χ4n) is 2.16. The van der Waals surface area contributed by atoms with Crippen molar-refractivity contribution in [1.82, 2.24) is 4.68 Å². The fraction of sp³-hybridized carbons (Fsp3) is 0.231. The van der Waals surface area contributed by atoms with Crippen LogP contribution in [0.15, 0.2) is 36.7 Å². The molecule has 0 spiro atoms. The second-order valence-corrected chi connectivity index (χ2v) is 5.06. The highest BCUT2D eigenvalue weighted by atomic mass is 35.5. The number of hydrogen-bond acceptors (Lipinski definition) is 2. The molecule has 1 aromatic heterocycles. The lowest BCUT2D eigenvalue weighted by molar-refractivity contribution is 0.270. The largest absolute Gasteiger partial charge is 0.492 e. The van der Waals surface area contributed by atoms with E-state index in [9.17, 15) is 0 Å². The van der Waals surface area contributed by atoms with Gasteiger partial charge in [0.1, 0.15) is 5.75 Å². The molecule has 0 aliphatic carbocycles. The first kappa shape index (κ1) is 11.8. The second kappa shape index (κ2) is 4.75. The molecular formula is C13H12Cl2N2O. The molecule has 1 unspecified atom stereocenters. The van der Waals surface area contributed by atoms with E-state index >= 15 is 0 Å². The van der Waals surface area contributed by atoms with E-state index in [0.29, 0.717) is 16.7 Å². The monoisotopic (exact) mass is 282 g/mol. The van der Waals surface area contributed by atoms with Crippen LogP contribution in [0.5, 0.6) is 5.75 Å². The Morgan fingerprint density at radius 2 is 2.00 bits per heavy atom. The number of halogens is 2. The maximum atomic E-state index is 6.15. The molecule has 2 heterocycles. The Hall–Kier alpha value is -1.32. The second-order valence-electron chi connectivity index (χ2n) is 4.22. The summed E-state index contributed by atoms with van der Waals surface area (Å²) >= 11 is 12.2. The molecule has 3 rings (SSSR count). The van der Waals surface area contributed by atoms with Gasteiger partial charge in [-0.15, -0.1) is 0 Å². The quantitative estimate of drug-likeness (QED) is 0.905. The number of ether oxygens (including phenoxy) is 1. The minimum Gasteiger partial charge on any atom is -0.492 e. The third kappa shape index (κ3) is 2.16. The van der Waals surface area contributed by atoms with Gasteiger partial charge in [-0.2, -0.15) is 0 Å². The van der Waals surface area contributed by atoms with Gasteiger partial charge in [-0.25, -0.2) is 0 Å². The van der Waals surface area contributed by atoms with Gasteiger partial charge in [0.25, 0.3) is 0 Å². The average molecular weight is 283 g/mol. The van der Waals surface area contributed by atoms with Crippen LogP contribution >= 0.6 is 23.2 Å². The first-order valence-electron chi connectivity index (χ1n) is 5.75. The number of hydrogen-bond donors (Lipinski definition) is 1. The summed E-state index contributed by atoms with van der Waals surface area (Å²) in [7, 11) is 0. The van der Waals surface area contributed by atoms with E-state index in [1.807, 2.05) is 35.3 Å². The molecule has 0 saturated heterocycles. The number of fused-ring (bicyclic) bond motifs is 1. The minimum atomic E-state index is 0.150. The van der Waals surface area contributed by atoms with E-state index in [-0.39, 0.29) is 6.04 Å². The molecule has 1 N–H and O–H groups in total. The van der Waals surface area contributed by atoms with Crippen LogP contribution in [0.2, 0.25) is 10.0 Å². The molecule has 0 amide bonds. The summed E-state index contributed by atoms with van der Waals surface area (Å²) in [6.45, 7) is 0.646. The summed E-state index contributed by atoms with van der Waals surface area (Å²) in [4.78, 5) is 0. The lowest BCUT2D eigenvalue weighted by Crippen LogP contribution is -2.25. The molecule has 0 radical (unpaired) electrons. The van der Waals surface area contributed by atoms with Crippen LogP contribution in [0.1, 0.15) is 18.0 Å². The highest BCUT2D eigenvalue weighted by molar-refractivity contribution is 6.35. The zero-order chi connectivity index (χ0) is 12.5. The van der Waals surface area contributed by atoms with Crippen molar-refractivity contribution in [2.75, 3.05) is 12.0 Å². The molecule has 0 bridgehead atoms. The van der Waals surface area contributed by atoms with Gasteiger partial charge in [-0.1, -0.05) is 23.2 Å². The SMILES string of the molecule is Clc1cc(Cl)c2c(c1)C(Nn1cccc1)CCO2. The number of aromatic nitrogens is 1. The molecule has 18 heavy (non-hydrogen) atoms. The van der Waals surface area contributed by atoms with Crippen LogP contribution < -0.4 is 10.2 Å². The summed E-state index contributed by atoms with van der Waals surface area (Å²) < 4.78 is 7.54. The zero-order valence-corrected chi connectivity index (χ0v) is 11.1. The van der Waals surface area contributed by atoms with Crippen LogP contribution in [0.25, 0.3) is 0 Å². The summed E-state index contributed by atoms with van der Waals surface area (Å²) in [6, 6.07) is 7.71. The average Bonchev–Trinajstić information content (AvgIpc) is 2.83. The van der Waals surface area contributed by atoms with E-state index in [2.05, 4.69) is 5.43 Å². The first-order chi connectivity index (χ1) is 8.74. The maximum absolute atomic E-state index is 6.15. The van der Waals surface area contributed by atoms with Gasteiger partial charge < -0.3 is 10.2 Å². The van der Waals surface area contributed by atoms with E-state index < -0.39 is 0 Å². The van der Waals surface area contributed by atoms with Crippen LogP contribution in [-0.4, -0.2) is 11.3 Å². The van der Waals surface area contributed by atoms with E-state index in [1.165, 1.54) is 0 Å². The fourth-order valence-corrected chi connectivity index (χ4v) is 2.72. The van der Waals surface area contributed by atoms with Crippen molar-refractivity contribution in [3.05, 3.63) is 52.3 Å². The summed E-state index contributed by atoms with van der Waals surface area (Å²) in [5, 5.41) is 1.19. The molecular weight excluding hydrogens is 271 g/mol. The Kier molecular flexibility index (Phi) is 3.10. The van der Waals surface area contributed by atoms with Gasteiger partial charge in [-0.05, 0) is 24.3 Å². The van der Waals surface area contributed by atoms with Gasteiger partial charge in [0.05, 0.1) is 17.7 Å². The van der Waals surface area contributed by atoms with Crippen LogP contribution in [0.4, 0.5) is 0 Å². The van der Waals surface area contributed by atoms with Crippen LogP contribution in [0, 0.1) is 0 Å². The van der Waals surface area contributed by atoms with Crippen molar-refractivity contribution in [2.24, 2.45) is 0 Å². The molecule has 1 aromatic carbocycles. The van der Waals surface area contributed by atoms with Gasteiger partial charge in [0.15, 0.2) is 0 Å². The topological polar surface area (TPSA) is 26.2 Å². The number of rotatable bonds is 2. The Morgan fingerprint density at radius 3 is 2.78 bits per heavy atom. The highest BCUT2D eigenvalue weighted by Crippen LogP contribution is 2.40. The van der Waals surface area contributed by atoms with Crippen molar-refractivity contribution in [3.8, 4) is 5.75 Å². The predicted octanol–water partition coefficient (Wildman–Crippen LogP) is 3.86. The standard InChI is InChI=1S/C13H12Cl2N2O/c14-9-7-10-12(16-17-4-1-2-5-17)3-6-18-13(10)11(15)8-9/h1-2,4-5,7-8,12,16H,3,6H2. The summed E-state index contributed by atoms with van der Waals surface area (Å²) in [5.41, 5.74) is 4.40. The number of nitrogens with one attached hydrogen (secondary N) is 1. The normalized spacial score (nSPS) is 18.0. The summed E-state index contributed by atoms with van der Waals surface area (Å²) in [6.07, 6.45) is 4.80. The predicted molar refractivity (Wildman–Crippen MR) is 73.1 cm³/mol. The zero-order valence-electron chi connectivity index (χ0n) is 9.57. The molecule has 1 aliphatic rings. The van der Waals surface area contributed by atoms with Gasteiger partial charge in [0, 0.05) is 29.4 Å². The van der Waals surface area contributed by atoms with Crippen molar-refractivity contribution in [2.45, 2.75) is 12.5 Å².